The Hall–Kier alpha value is -2.78. The third-order valence-corrected chi connectivity index (χ3v) is 8.10. The van der Waals surface area contributed by atoms with Crippen LogP contribution in [0, 0.1) is 0 Å². The third kappa shape index (κ3) is 8.11. The lowest BCUT2D eigenvalue weighted by molar-refractivity contribution is -0.140. The number of carbonyl (C=O) groups excluding carboxylic acids is 2. The van der Waals surface area contributed by atoms with Crippen LogP contribution in [-0.2, 0) is 26.2 Å². The van der Waals surface area contributed by atoms with Crippen molar-refractivity contribution in [1.82, 2.24) is 10.2 Å². The predicted molar refractivity (Wildman–Crippen MR) is 151 cm³/mol. The Morgan fingerprint density at radius 3 is 2.32 bits per heavy atom. The lowest BCUT2D eigenvalue weighted by Gasteiger charge is -2.34. The molecule has 1 atom stereocenters. The summed E-state index contributed by atoms with van der Waals surface area (Å²) < 4.78 is 32.5. The van der Waals surface area contributed by atoms with E-state index in [0.717, 1.165) is 48.2 Å². The molecular formula is C28H38ClN3O5S. The molecule has 1 saturated carbocycles. The number of hydrogen-bond donors (Lipinski definition) is 1. The number of sulfonamides is 1. The van der Waals surface area contributed by atoms with Gasteiger partial charge in [-0.25, -0.2) is 8.42 Å². The number of hydrogen-bond acceptors (Lipinski definition) is 5. The molecule has 1 fully saturated rings. The van der Waals surface area contributed by atoms with Crippen molar-refractivity contribution in [2.75, 3.05) is 23.7 Å². The van der Waals surface area contributed by atoms with Crippen LogP contribution >= 0.6 is 11.6 Å². The molecule has 0 bridgehead atoms. The van der Waals surface area contributed by atoms with Crippen LogP contribution in [0.2, 0.25) is 5.02 Å². The Balaban J connectivity index is 1.93. The van der Waals surface area contributed by atoms with Gasteiger partial charge < -0.3 is 15.0 Å². The summed E-state index contributed by atoms with van der Waals surface area (Å²) in [4.78, 5) is 28.8. The molecule has 0 saturated heterocycles. The summed E-state index contributed by atoms with van der Waals surface area (Å²) in [5.41, 5.74) is 1.06. The van der Waals surface area contributed by atoms with Crippen LogP contribution in [0.25, 0.3) is 0 Å². The number of carbonyl (C=O) groups is 2. The van der Waals surface area contributed by atoms with Crippen LogP contribution in [-0.4, -0.2) is 56.6 Å². The summed E-state index contributed by atoms with van der Waals surface area (Å²) in [6.45, 7) is 3.66. The van der Waals surface area contributed by atoms with E-state index in [9.17, 15) is 18.0 Å². The van der Waals surface area contributed by atoms with E-state index in [4.69, 9.17) is 16.3 Å². The van der Waals surface area contributed by atoms with Gasteiger partial charge in [0.1, 0.15) is 18.3 Å². The number of nitrogens with one attached hydrogen (secondary N) is 1. The summed E-state index contributed by atoms with van der Waals surface area (Å²) in [6, 6.07) is 13.1. The van der Waals surface area contributed by atoms with Gasteiger partial charge in [0.25, 0.3) is 0 Å². The number of ether oxygens (including phenoxy) is 1. The molecule has 3 rings (SSSR count). The smallest absolute Gasteiger partial charge is 0.244 e. The van der Waals surface area contributed by atoms with Crippen molar-refractivity contribution in [3.63, 3.8) is 0 Å². The van der Waals surface area contributed by atoms with Crippen LogP contribution in [0.3, 0.4) is 0 Å². The Labute approximate surface area is 231 Å². The van der Waals surface area contributed by atoms with Crippen molar-refractivity contribution in [1.29, 1.82) is 0 Å². The van der Waals surface area contributed by atoms with E-state index in [1.807, 2.05) is 6.92 Å². The first kappa shape index (κ1) is 29.8. The molecular weight excluding hydrogens is 526 g/mol. The molecule has 208 valence electrons. The summed E-state index contributed by atoms with van der Waals surface area (Å²) in [6.07, 6.45) is 6.57. The highest BCUT2D eigenvalue weighted by Crippen LogP contribution is 2.30. The summed E-state index contributed by atoms with van der Waals surface area (Å²) in [5.74, 6) is -0.343. The van der Waals surface area contributed by atoms with Gasteiger partial charge in [-0.15, -0.1) is 0 Å². The van der Waals surface area contributed by atoms with Gasteiger partial charge >= 0.3 is 0 Å². The van der Waals surface area contributed by atoms with Crippen molar-refractivity contribution in [3.8, 4) is 5.75 Å². The molecule has 1 aliphatic rings. The Morgan fingerprint density at radius 1 is 1.05 bits per heavy atom. The number of para-hydroxylation sites is 2. The second kappa shape index (κ2) is 13.8. The average molecular weight is 564 g/mol. The summed E-state index contributed by atoms with van der Waals surface area (Å²) in [5, 5.41) is 3.70. The Morgan fingerprint density at radius 2 is 1.71 bits per heavy atom. The molecule has 1 aliphatic carbocycles. The molecule has 0 heterocycles. The normalized spacial score (nSPS) is 14.9. The van der Waals surface area contributed by atoms with Gasteiger partial charge in [-0.3, -0.25) is 13.9 Å². The van der Waals surface area contributed by atoms with E-state index in [1.54, 1.807) is 55.5 Å². The van der Waals surface area contributed by atoms with Gasteiger partial charge in [0, 0.05) is 17.6 Å². The zero-order chi connectivity index (χ0) is 27.7. The topological polar surface area (TPSA) is 96.0 Å². The fraction of sp³-hybridized carbons (Fsp3) is 0.500. The van der Waals surface area contributed by atoms with Crippen LogP contribution in [0.4, 0.5) is 5.69 Å². The van der Waals surface area contributed by atoms with Crippen LogP contribution in [0.1, 0.15) is 57.9 Å². The molecule has 2 amide bonds. The second-order valence-corrected chi connectivity index (χ2v) is 11.9. The monoisotopic (exact) mass is 563 g/mol. The number of benzene rings is 2. The van der Waals surface area contributed by atoms with E-state index in [-0.39, 0.29) is 24.2 Å². The highest BCUT2D eigenvalue weighted by molar-refractivity contribution is 7.92. The molecule has 1 N–H and O–H groups in total. The van der Waals surface area contributed by atoms with Gasteiger partial charge in [0.15, 0.2) is 0 Å². The number of amides is 2. The van der Waals surface area contributed by atoms with E-state index >= 15 is 0 Å². The van der Waals surface area contributed by atoms with Crippen molar-refractivity contribution >= 4 is 39.1 Å². The molecule has 8 nitrogen and oxygen atoms in total. The molecule has 0 unspecified atom stereocenters. The molecule has 0 radical (unpaired) electrons. The van der Waals surface area contributed by atoms with Crippen LogP contribution in [0.5, 0.6) is 5.75 Å². The van der Waals surface area contributed by atoms with Gasteiger partial charge in [-0.05, 0) is 56.0 Å². The number of nitrogens with zero attached hydrogens (tertiary/aromatic N) is 2. The van der Waals surface area contributed by atoms with Gasteiger partial charge in [-0.1, -0.05) is 62.1 Å². The zero-order valence-corrected chi connectivity index (χ0v) is 23.9. The summed E-state index contributed by atoms with van der Waals surface area (Å²) in [7, 11) is -3.85. The highest BCUT2D eigenvalue weighted by atomic mass is 35.5. The van der Waals surface area contributed by atoms with E-state index in [0.29, 0.717) is 23.8 Å². The van der Waals surface area contributed by atoms with Crippen molar-refractivity contribution in [3.05, 3.63) is 59.1 Å². The largest absolute Gasteiger partial charge is 0.492 e. The lowest BCUT2D eigenvalue weighted by atomic mass is 9.95. The standard InChI is InChI=1S/C28H38ClN3O5S/c1-4-24(28(34)30-23-11-7-6-8-12-23)31(19-21-15-17-22(29)18-16-21)27(33)20-32(38(3,35)36)25-13-9-10-14-26(25)37-5-2/h9-10,13-18,23-24H,4-8,11-12,19-20H2,1-3H3,(H,30,34)/t24-/m0/s1. The molecule has 2 aromatic rings. The number of anilines is 1. The van der Waals surface area contributed by atoms with Gasteiger partial charge in [-0.2, -0.15) is 0 Å². The maximum Gasteiger partial charge on any atom is 0.244 e. The SMILES string of the molecule is CCOc1ccccc1N(CC(=O)N(Cc1ccc(Cl)cc1)[C@@H](CC)C(=O)NC1CCCCC1)S(C)(=O)=O. The maximum absolute atomic E-state index is 13.9. The number of rotatable bonds is 12. The average Bonchev–Trinajstić information content (AvgIpc) is 2.89. The molecule has 0 spiro atoms. The van der Waals surface area contributed by atoms with Gasteiger partial charge in [0.2, 0.25) is 21.8 Å². The summed E-state index contributed by atoms with van der Waals surface area (Å²) >= 11 is 6.06. The molecule has 2 aromatic carbocycles. The van der Waals surface area contributed by atoms with E-state index in [2.05, 4.69) is 5.32 Å². The Bertz CT molecular complexity index is 1180. The second-order valence-electron chi connectivity index (χ2n) is 9.59. The first-order chi connectivity index (χ1) is 18.1. The van der Waals surface area contributed by atoms with Crippen molar-refractivity contribution in [2.45, 2.75) is 71.0 Å². The Kier molecular flexibility index (Phi) is 10.8. The number of halogens is 1. The maximum atomic E-state index is 13.9. The van der Waals surface area contributed by atoms with E-state index in [1.165, 1.54) is 4.90 Å². The molecule has 10 heteroatoms. The fourth-order valence-corrected chi connectivity index (χ4v) is 5.76. The van der Waals surface area contributed by atoms with Crippen molar-refractivity contribution < 1.29 is 22.7 Å². The van der Waals surface area contributed by atoms with Gasteiger partial charge in [0.05, 0.1) is 18.6 Å². The van der Waals surface area contributed by atoms with E-state index < -0.39 is 28.5 Å². The zero-order valence-electron chi connectivity index (χ0n) is 22.4. The quantitative estimate of drug-likeness (QED) is 0.401. The third-order valence-electron chi connectivity index (χ3n) is 6.72. The van der Waals surface area contributed by atoms with Crippen LogP contribution in [0.15, 0.2) is 48.5 Å². The van der Waals surface area contributed by atoms with Crippen LogP contribution < -0.4 is 14.4 Å². The predicted octanol–water partition coefficient (Wildman–Crippen LogP) is 4.76. The molecule has 0 aliphatic heterocycles. The minimum Gasteiger partial charge on any atom is -0.492 e. The minimum atomic E-state index is -3.85. The first-order valence-corrected chi connectivity index (χ1v) is 15.4. The molecule has 38 heavy (non-hydrogen) atoms. The minimum absolute atomic E-state index is 0.0865. The highest BCUT2D eigenvalue weighted by Gasteiger charge is 2.33. The molecule has 0 aromatic heterocycles. The first-order valence-electron chi connectivity index (χ1n) is 13.2. The fourth-order valence-electron chi connectivity index (χ4n) is 4.79. The van der Waals surface area contributed by atoms with Crippen molar-refractivity contribution in [2.24, 2.45) is 0 Å². The lowest BCUT2D eigenvalue weighted by Crippen LogP contribution is -2.54.